The molecule has 0 aromatic carbocycles. The molecule has 2 N–H and O–H groups in total. The minimum atomic E-state index is -0.0623. The van der Waals surface area contributed by atoms with Crippen LogP contribution in [0.1, 0.15) is 24.3 Å². The number of rotatable bonds is 3. The smallest absolute Gasteiger partial charge is 0.270 e. The lowest BCUT2D eigenvalue weighted by molar-refractivity contribution is -0.0303. The van der Waals surface area contributed by atoms with E-state index >= 15 is 0 Å². The van der Waals surface area contributed by atoms with Crippen molar-refractivity contribution in [1.82, 2.24) is 9.47 Å². The topological polar surface area (TPSA) is 60.5 Å². The van der Waals surface area contributed by atoms with Crippen LogP contribution in [-0.2, 0) is 11.3 Å². The van der Waals surface area contributed by atoms with Gasteiger partial charge in [0.15, 0.2) is 0 Å². The molecule has 2 heterocycles. The van der Waals surface area contributed by atoms with E-state index in [2.05, 4.69) is 0 Å². The first-order valence-corrected chi connectivity index (χ1v) is 6.45. The largest absolute Gasteiger partial charge is 0.373 e. The third kappa shape index (κ3) is 2.57. The lowest BCUT2D eigenvalue weighted by Crippen LogP contribution is -2.51. The number of aryl methyl sites for hydroxylation is 1. The fourth-order valence-electron chi connectivity index (χ4n) is 2.22. The standard InChI is InChI=1S/C13H21N3O2/c1-3-15-6-4-5-11(15)13(17)16-7-8-18-12(9-16)10(2)14/h4-6,10,12H,3,7-9,14H2,1-2H3. The van der Waals surface area contributed by atoms with Crippen molar-refractivity contribution in [3.63, 3.8) is 0 Å². The molecule has 1 aliphatic rings. The van der Waals surface area contributed by atoms with Gasteiger partial charge in [-0.2, -0.15) is 0 Å². The minimum Gasteiger partial charge on any atom is -0.373 e. The Morgan fingerprint density at radius 1 is 1.67 bits per heavy atom. The molecular weight excluding hydrogens is 230 g/mol. The number of carbonyl (C=O) groups excluding carboxylic acids is 1. The summed E-state index contributed by atoms with van der Waals surface area (Å²) in [7, 11) is 0. The van der Waals surface area contributed by atoms with Crippen LogP contribution in [0.15, 0.2) is 18.3 Å². The second-order valence-corrected chi connectivity index (χ2v) is 4.70. The summed E-state index contributed by atoms with van der Waals surface area (Å²) in [4.78, 5) is 14.2. The van der Waals surface area contributed by atoms with Crippen LogP contribution in [0.5, 0.6) is 0 Å². The quantitative estimate of drug-likeness (QED) is 0.860. The van der Waals surface area contributed by atoms with Gasteiger partial charge in [0, 0.05) is 31.9 Å². The molecule has 1 saturated heterocycles. The Balaban J connectivity index is 2.09. The second kappa shape index (κ2) is 5.54. The van der Waals surface area contributed by atoms with E-state index in [1.807, 2.05) is 41.6 Å². The van der Waals surface area contributed by atoms with E-state index < -0.39 is 0 Å². The molecule has 18 heavy (non-hydrogen) atoms. The van der Waals surface area contributed by atoms with Crippen LogP contribution in [0.4, 0.5) is 0 Å². The maximum absolute atomic E-state index is 12.4. The van der Waals surface area contributed by atoms with Crippen molar-refractivity contribution >= 4 is 5.91 Å². The monoisotopic (exact) mass is 251 g/mol. The van der Waals surface area contributed by atoms with Crippen molar-refractivity contribution in [2.45, 2.75) is 32.5 Å². The summed E-state index contributed by atoms with van der Waals surface area (Å²) in [6.07, 6.45) is 1.87. The van der Waals surface area contributed by atoms with E-state index in [9.17, 15) is 4.79 Å². The average Bonchev–Trinajstić information content (AvgIpc) is 2.86. The molecule has 0 spiro atoms. The SMILES string of the molecule is CCn1cccc1C(=O)N1CCOC(C(C)N)C1. The van der Waals surface area contributed by atoms with E-state index in [4.69, 9.17) is 10.5 Å². The second-order valence-electron chi connectivity index (χ2n) is 4.70. The first-order valence-electron chi connectivity index (χ1n) is 6.45. The number of nitrogens with zero attached hydrogens (tertiary/aromatic N) is 2. The predicted molar refractivity (Wildman–Crippen MR) is 69.4 cm³/mol. The van der Waals surface area contributed by atoms with Gasteiger partial charge in [0.25, 0.3) is 5.91 Å². The fourth-order valence-corrected chi connectivity index (χ4v) is 2.22. The summed E-state index contributed by atoms with van der Waals surface area (Å²) in [6, 6.07) is 3.71. The Morgan fingerprint density at radius 2 is 2.44 bits per heavy atom. The predicted octanol–water partition coefficient (Wildman–Crippen LogP) is 0.696. The highest BCUT2D eigenvalue weighted by Crippen LogP contribution is 2.13. The van der Waals surface area contributed by atoms with Gasteiger partial charge in [-0.1, -0.05) is 0 Å². The van der Waals surface area contributed by atoms with E-state index in [0.717, 1.165) is 12.2 Å². The van der Waals surface area contributed by atoms with Crippen molar-refractivity contribution in [2.75, 3.05) is 19.7 Å². The molecular formula is C13H21N3O2. The molecule has 1 fully saturated rings. The Labute approximate surface area is 108 Å². The first-order chi connectivity index (χ1) is 8.63. The van der Waals surface area contributed by atoms with Gasteiger partial charge < -0.3 is 19.9 Å². The fraction of sp³-hybridized carbons (Fsp3) is 0.615. The highest BCUT2D eigenvalue weighted by atomic mass is 16.5. The number of hydrogen-bond donors (Lipinski definition) is 1. The Kier molecular flexibility index (Phi) is 4.04. The number of ether oxygens (including phenoxy) is 1. The molecule has 1 aromatic heterocycles. The van der Waals surface area contributed by atoms with Gasteiger partial charge in [-0.05, 0) is 26.0 Å². The zero-order valence-electron chi connectivity index (χ0n) is 11.0. The summed E-state index contributed by atoms with van der Waals surface area (Å²) >= 11 is 0. The number of carbonyl (C=O) groups is 1. The van der Waals surface area contributed by atoms with Crippen LogP contribution in [0.2, 0.25) is 0 Å². The Bertz CT molecular complexity index is 414. The number of nitrogens with two attached hydrogens (primary N) is 1. The normalized spacial score (nSPS) is 21.9. The highest BCUT2D eigenvalue weighted by Gasteiger charge is 2.28. The van der Waals surface area contributed by atoms with Crippen LogP contribution in [0.25, 0.3) is 0 Å². The van der Waals surface area contributed by atoms with E-state index in [1.165, 1.54) is 0 Å². The molecule has 2 rings (SSSR count). The van der Waals surface area contributed by atoms with Gasteiger partial charge in [-0.3, -0.25) is 4.79 Å². The minimum absolute atomic E-state index is 0.0569. The van der Waals surface area contributed by atoms with Gasteiger partial charge in [-0.15, -0.1) is 0 Å². The number of morpholine rings is 1. The van der Waals surface area contributed by atoms with E-state index in [-0.39, 0.29) is 18.1 Å². The van der Waals surface area contributed by atoms with Crippen LogP contribution in [-0.4, -0.2) is 47.2 Å². The summed E-state index contributed by atoms with van der Waals surface area (Å²) in [5.74, 6) is 0.0656. The molecule has 1 amide bonds. The zero-order chi connectivity index (χ0) is 13.1. The highest BCUT2D eigenvalue weighted by molar-refractivity contribution is 5.92. The number of aromatic nitrogens is 1. The van der Waals surface area contributed by atoms with Crippen LogP contribution >= 0.6 is 0 Å². The van der Waals surface area contributed by atoms with Gasteiger partial charge in [-0.25, -0.2) is 0 Å². The lowest BCUT2D eigenvalue weighted by Gasteiger charge is -2.34. The Morgan fingerprint density at radius 3 is 3.11 bits per heavy atom. The van der Waals surface area contributed by atoms with Crippen molar-refractivity contribution in [3.05, 3.63) is 24.0 Å². The van der Waals surface area contributed by atoms with E-state index in [1.54, 1.807) is 0 Å². The van der Waals surface area contributed by atoms with Crippen LogP contribution in [0, 0.1) is 0 Å². The molecule has 1 aliphatic heterocycles. The Hall–Kier alpha value is -1.33. The summed E-state index contributed by atoms with van der Waals surface area (Å²) < 4.78 is 7.53. The summed E-state index contributed by atoms with van der Waals surface area (Å²) in [5, 5.41) is 0. The number of hydrogen-bond acceptors (Lipinski definition) is 3. The molecule has 2 unspecified atom stereocenters. The van der Waals surface area contributed by atoms with Crippen molar-refractivity contribution in [3.8, 4) is 0 Å². The van der Waals surface area contributed by atoms with E-state index in [0.29, 0.717) is 19.7 Å². The van der Waals surface area contributed by atoms with Gasteiger partial charge >= 0.3 is 0 Å². The maximum atomic E-state index is 12.4. The van der Waals surface area contributed by atoms with Crippen molar-refractivity contribution in [2.24, 2.45) is 5.73 Å². The maximum Gasteiger partial charge on any atom is 0.270 e. The van der Waals surface area contributed by atoms with Gasteiger partial charge in [0.05, 0.1) is 12.7 Å². The zero-order valence-corrected chi connectivity index (χ0v) is 11.0. The molecule has 0 radical (unpaired) electrons. The van der Waals surface area contributed by atoms with Gasteiger partial charge in [0.1, 0.15) is 5.69 Å². The summed E-state index contributed by atoms with van der Waals surface area (Å²) in [5.41, 5.74) is 6.57. The van der Waals surface area contributed by atoms with Gasteiger partial charge in [0.2, 0.25) is 0 Å². The molecule has 0 saturated carbocycles. The van der Waals surface area contributed by atoms with Crippen molar-refractivity contribution < 1.29 is 9.53 Å². The summed E-state index contributed by atoms with van der Waals surface area (Å²) in [6.45, 7) is 6.51. The first kappa shape index (κ1) is 13.1. The third-order valence-corrected chi connectivity index (χ3v) is 3.36. The van der Waals surface area contributed by atoms with Crippen molar-refractivity contribution in [1.29, 1.82) is 0 Å². The average molecular weight is 251 g/mol. The molecule has 100 valence electrons. The lowest BCUT2D eigenvalue weighted by atomic mass is 10.1. The van der Waals surface area contributed by atoms with Crippen LogP contribution in [0.3, 0.4) is 0 Å². The molecule has 0 bridgehead atoms. The third-order valence-electron chi connectivity index (χ3n) is 3.36. The molecule has 2 atom stereocenters. The molecule has 1 aromatic rings. The molecule has 0 aliphatic carbocycles. The molecule has 5 nitrogen and oxygen atoms in total. The molecule has 5 heteroatoms. The van der Waals surface area contributed by atoms with Crippen LogP contribution < -0.4 is 5.73 Å². The number of amides is 1.